The zero-order chi connectivity index (χ0) is 21.8. The molecular weight excluding hydrogens is 432 g/mol. The van der Waals surface area contributed by atoms with E-state index >= 15 is 0 Å². The zero-order valence-corrected chi connectivity index (χ0v) is 19.5. The molecule has 2 heterocycles. The van der Waals surface area contributed by atoms with Gasteiger partial charge >= 0.3 is 0 Å². The average molecular weight is 459 g/mol. The smallest absolute Gasteiger partial charge is 0.233 e. The third kappa shape index (κ3) is 5.04. The van der Waals surface area contributed by atoms with E-state index in [-0.39, 0.29) is 5.91 Å². The molecule has 7 nitrogen and oxygen atoms in total. The molecule has 0 aliphatic heterocycles. The molecule has 0 radical (unpaired) electrons. The van der Waals surface area contributed by atoms with E-state index in [2.05, 4.69) is 32.3 Å². The van der Waals surface area contributed by atoms with Crippen molar-refractivity contribution in [2.75, 3.05) is 27.0 Å². The third-order valence-corrected chi connectivity index (χ3v) is 7.01. The lowest BCUT2D eigenvalue weighted by atomic mass is 10.1. The molecule has 3 aromatic rings. The van der Waals surface area contributed by atoms with Gasteiger partial charge in [0.15, 0.2) is 16.7 Å². The molecule has 0 N–H and O–H groups in total. The van der Waals surface area contributed by atoms with Crippen LogP contribution >= 0.6 is 23.1 Å². The number of thioether (sulfide) groups is 1. The highest BCUT2D eigenvalue weighted by molar-refractivity contribution is 7.99. The second-order valence-corrected chi connectivity index (χ2v) is 9.42. The standard InChI is InChI=1S/C22H26N4O3S2/c1-25(13-15-6-4-8-18(28-2)21(15)29-3)20(27)14-31-22-24-23-19(26(22)16-9-10-16)12-17-7-5-11-30-17/h4-8,11,16H,9-10,12-14H2,1-3H3. The Labute approximate surface area is 190 Å². The van der Waals surface area contributed by atoms with Crippen molar-refractivity contribution in [2.24, 2.45) is 0 Å². The molecule has 9 heteroatoms. The Kier molecular flexibility index (Phi) is 6.82. The Morgan fingerprint density at radius 1 is 1.23 bits per heavy atom. The number of rotatable bonds is 10. The van der Waals surface area contributed by atoms with Crippen molar-refractivity contribution in [1.82, 2.24) is 19.7 Å². The van der Waals surface area contributed by atoms with Crippen molar-refractivity contribution in [1.29, 1.82) is 0 Å². The minimum absolute atomic E-state index is 0.0278. The lowest BCUT2D eigenvalue weighted by Gasteiger charge is -2.20. The van der Waals surface area contributed by atoms with E-state index < -0.39 is 0 Å². The SMILES string of the molecule is COc1cccc(CN(C)C(=O)CSc2nnc(Cc3cccs3)n2C2CC2)c1OC. The Balaban J connectivity index is 1.40. The van der Waals surface area contributed by atoms with E-state index in [9.17, 15) is 4.79 Å². The number of thiophene rings is 1. The summed E-state index contributed by atoms with van der Waals surface area (Å²) in [5.74, 6) is 2.64. The number of ether oxygens (including phenoxy) is 2. The highest BCUT2D eigenvalue weighted by Gasteiger charge is 2.30. The van der Waals surface area contributed by atoms with Gasteiger partial charge in [-0.1, -0.05) is 30.0 Å². The van der Waals surface area contributed by atoms with E-state index in [1.807, 2.05) is 18.2 Å². The number of carbonyl (C=O) groups is 1. The van der Waals surface area contributed by atoms with Gasteiger partial charge < -0.3 is 18.9 Å². The van der Waals surface area contributed by atoms with Gasteiger partial charge in [0.1, 0.15) is 5.82 Å². The van der Waals surface area contributed by atoms with E-state index in [0.29, 0.717) is 29.8 Å². The molecule has 0 spiro atoms. The first kappa shape index (κ1) is 21.7. The van der Waals surface area contributed by atoms with Crippen molar-refractivity contribution < 1.29 is 14.3 Å². The third-order valence-electron chi connectivity index (χ3n) is 5.20. The molecule has 1 aliphatic carbocycles. The maximum atomic E-state index is 12.8. The first-order valence-electron chi connectivity index (χ1n) is 10.1. The Bertz CT molecular complexity index is 1030. The number of methoxy groups -OCH3 is 2. The average Bonchev–Trinajstić information content (AvgIpc) is 3.33. The number of benzene rings is 1. The monoisotopic (exact) mass is 458 g/mol. The number of carbonyl (C=O) groups excluding carboxylic acids is 1. The van der Waals surface area contributed by atoms with Crippen LogP contribution in [0.1, 0.15) is 35.1 Å². The van der Waals surface area contributed by atoms with Crippen molar-refractivity contribution in [3.8, 4) is 11.5 Å². The molecule has 0 saturated heterocycles. The second kappa shape index (κ2) is 9.74. The molecule has 1 fully saturated rings. The number of nitrogens with zero attached hydrogens (tertiary/aromatic N) is 4. The summed E-state index contributed by atoms with van der Waals surface area (Å²) in [5, 5.41) is 11.7. The van der Waals surface area contributed by atoms with Gasteiger partial charge in [0.25, 0.3) is 0 Å². The summed E-state index contributed by atoms with van der Waals surface area (Å²) in [6.07, 6.45) is 3.07. The van der Waals surface area contributed by atoms with Crippen molar-refractivity contribution in [3.05, 3.63) is 52.0 Å². The Morgan fingerprint density at radius 2 is 2.06 bits per heavy atom. The zero-order valence-electron chi connectivity index (χ0n) is 17.9. The Hall–Kier alpha value is -2.52. The van der Waals surface area contributed by atoms with Gasteiger partial charge in [0.2, 0.25) is 5.91 Å². The van der Waals surface area contributed by atoms with Gasteiger partial charge in [0, 0.05) is 36.5 Å². The molecule has 0 bridgehead atoms. The molecule has 0 unspecified atom stereocenters. The van der Waals surface area contributed by atoms with Gasteiger partial charge in [-0.15, -0.1) is 21.5 Å². The van der Waals surface area contributed by atoms with Crippen LogP contribution in [0.3, 0.4) is 0 Å². The van der Waals surface area contributed by atoms with E-state index in [0.717, 1.165) is 35.8 Å². The lowest BCUT2D eigenvalue weighted by Crippen LogP contribution is -2.28. The molecule has 164 valence electrons. The topological polar surface area (TPSA) is 69.5 Å². The number of amides is 1. The fraction of sp³-hybridized carbons (Fsp3) is 0.409. The van der Waals surface area contributed by atoms with Gasteiger partial charge in [0.05, 0.1) is 20.0 Å². The lowest BCUT2D eigenvalue weighted by molar-refractivity contribution is -0.127. The van der Waals surface area contributed by atoms with Gasteiger partial charge in [-0.25, -0.2) is 0 Å². The van der Waals surface area contributed by atoms with E-state index in [1.54, 1.807) is 37.5 Å². The minimum Gasteiger partial charge on any atom is -0.493 e. The molecule has 31 heavy (non-hydrogen) atoms. The first-order chi connectivity index (χ1) is 15.1. The number of hydrogen-bond donors (Lipinski definition) is 0. The largest absolute Gasteiger partial charge is 0.493 e. The van der Waals surface area contributed by atoms with Gasteiger partial charge in [-0.05, 0) is 30.4 Å². The predicted octanol–water partition coefficient (Wildman–Crippen LogP) is 4.03. The van der Waals surface area contributed by atoms with Gasteiger partial charge in [-0.3, -0.25) is 4.79 Å². The second-order valence-electron chi connectivity index (χ2n) is 7.45. The van der Waals surface area contributed by atoms with Gasteiger partial charge in [-0.2, -0.15) is 0 Å². The summed E-state index contributed by atoms with van der Waals surface area (Å²) in [6.45, 7) is 0.443. The summed E-state index contributed by atoms with van der Waals surface area (Å²) in [6, 6.07) is 10.3. The van der Waals surface area contributed by atoms with E-state index in [1.165, 1.54) is 16.6 Å². The predicted molar refractivity (Wildman–Crippen MR) is 122 cm³/mol. The molecule has 0 atom stereocenters. The van der Waals surface area contributed by atoms with Crippen molar-refractivity contribution >= 4 is 29.0 Å². The molecule has 2 aromatic heterocycles. The molecular formula is C22H26N4O3S2. The highest BCUT2D eigenvalue weighted by atomic mass is 32.2. The normalized spacial score (nSPS) is 13.3. The van der Waals surface area contributed by atoms with Crippen LogP contribution in [0.15, 0.2) is 40.9 Å². The van der Waals surface area contributed by atoms with Crippen LogP contribution in [0, 0.1) is 0 Å². The van der Waals surface area contributed by atoms with E-state index in [4.69, 9.17) is 9.47 Å². The fourth-order valence-electron chi connectivity index (χ4n) is 3.45. The summed E-state index contributed by atoms with van der Waals surface area (Å²) in [7, 11) is 5.02. The maximum absolute atomic E-state index is 12.8. The molecule has 1 aliphatic rings. The van der Waals surface area contributed by atoms with Crippen LogP contribution in [0.25, 0.3) is 0 Å². The maximum Gasteiger partial charge on any atom is 0.233 e. The summed E-state index contributed by atoms with van der Waals surface area (Å²) < 4.78 is 13.1. The fourth-order valence-corrected chi connectivity index (χ4v) is 5.12. The number of hydrogen-bond acceptors (Lipinski definition) is 7. The summed E-state index contributed by atoms with van der Waals surface area (Å²) in [5.41, 5.74) is 0.905. The van der Waals surface area contributed by atoms with Crippen molar-refractivity contribution in [2.45, 2.75) is 37.0 Å². The number of aromatic nitrogens is 3. The number of para-hydroxylation sites is 1. The van der Waals surface area contributed by atoms with Crippen LogP contribution < -0.4 is 9.47 Å². The van der Waals surface area contributed by atoms with Crippen LogP contribution in [0.5, 0.6) is 11.5 Å². The minimum atomic E-state index is 0.0278. The van der Waals surface area contributed by atoms with Crippen LogP contribution in [0.2, 0.25) is 0 Å². The highest BCUT2D eigenvalue weighted by Crippen LogP contribution is 2.39. The Morgan fingerprint density at radius 3 is 2.74 bits per heavy atom. The van der Waals surface area contributed by atoms with Crippen molar-refractivity contribution in [3.63, 3.8) is 0 Å². The quantitative estimate of drug-likeness (QED) is 0.427. The summed E-state index contributed by atoms with van der Waals surface area (Å²) in [4.78, 5) is 15.8. The molecule has 1 saturated carbocycles. The van der Waals surface area contributed by atoms with Crippen LogP contribution in [-0.2, 0) is 17.8 Å². The molecule has 1 amide bonds. The first-order valence-corrected chi connectivity index (χ1v) is 12.0. The molecule has 1 aromatic carbocycles. The summed E-state index contributed by atoms with van der Waals surface area (Å²) >= 11 is 3.19. The molecule has 4 rings (SSSR count). The van der Waals surface area contributed by atoms with Crippen LogP contribution in [-0.4, -0.2) is 52.6 Å². The van der Waals surface area contributed by atoms with Crippen LogP contribution in [0.4, 0.5) is 0 Å².